The quantitative estimate of drug-likeness (QED) is 0.710. The second-order valence-corrected chi connectivity index (χ2v) is 7.37. The number of hydrogen-bond acceptors (Lipinski definition) is 4. The lowest BCUT2D eigenvalue weighted by Crippen LogP contribution is -2.37. The third kappa shape index (κ3) is 4.02. The number of rotatable bonds is 8. The maximum Gasteiger partial charge on any atom is 0.243 e. The van der Waals surface area contributed by atoms with E-state index in [2.05, 4.69) is 5.32 Å². The molecule has 2 aromatic carbocycles. The largest absolute Gasteiger partial charge is 0.395 e. The van der Waals surface area contributed by atoms with E-state index in [0.29, 0.717) is 36.6 Å². The van der Waals surface area contributed by atoms with Crippen LogP contribution in [-0.4, -0.2) is 50.6 Å². The van der Waals surface area contributed by atoms with Gasteiger partial charge in [-0.05, 0) is 12.1 Å². The van der Waals surface area contributed by atoms with Crippen LogP contribution in [-0.2, 0) is 10.0 Å². The molecule has 2 N–H and O–H groups in total. The van der Waals surface area contributed by atoms with Crippen LogP contribution in [0.15, 0.2) is 41.3 Å². The third-order valence-electron chi connectivity index (χ3n) is 3.63. The number of likely N-dealkylation sites (N-methyl/N-ethyl adjacent to an activating group) is 1. The molecule has 0 spiro atoms. The van der Waals surface area contributed by atoms with Crippen molar-refractivity contribution in [2.45, 2.75) is 11.8 Å². The van der Waals surface area contributed by atoms with Crippen LogP contribution in [0.1, 0.15) is 6.92 Å². The van der Waals surface area contributed by atoms with Crippen LogP contribution in [0, 0.1) is 0 Å². The van der Waals surface area contributed by atoms with Crippen molar-refractivity contribution in [1.29, 1.82) is 0 Å². The Morgan fingerprint density at radius 2 is 1.83 bits per heavy atom. The van der Waals surface area contributed by atoms with Crippen molar-refractivity contribution < 1.29 is 13.5 Å². The van der Waals surface area contributed by atoms with Crippen molar-refractivity contribution in [3.63, 3.8) is 0 Å². The molecule has 0 saturated heterocycles. The molecule has 0 atom stereocenters. The lowest BCUT2D eigenvalue weighted by molar-refractivity contribution is 0.290. The Hall–Kier alpha value is -1.18. The summed E-state index contributed by atoms with van der Waals surface area (Å²) in [6.07, 6.45) is 0. The Bertz CT molecular complexity index is 765. The summed E-state index contributed by atoms with van der Waals surface area (Å²) in [5, 5.41) is 13.6. The van der Waals surface area contributed by atoms with Crippen LogP contribution in [0.3, 0.4) is 0 Å². The van der Waals surface area contributed by atoms with Gasteiger partial charge < -0.3 is 10.4 Å². The van der Waals surface area contributed by atoms with E-state index in [1.165, 1.54) is 4.31 Å². The molecule has 7 heteroatoms. The Morgan fingerprint density at radius 1 is 1.13 bits per heavy atom. The number of fused-ring (bicyclic) bond motifs is 1. The number of aliphatic hydroxyl groups is 1. The summed E-state index contributed by atoms with van der Waals surface area (Å²) in [5.41, 5.74) is 0. The number of nitrogens with one attached hydrogen (secondary N) is 1. The summed E-state index contributed by atoms with van der Waals surface area (Å²) in [5.74, 6) is 0. The molecule has 0 unspecified atom stereocenters. The van der Waals surface area contributed by atoms with Gasteiger partial charge in [0, 0.05) is 42.0 Å². The van der Waals surface area contributed by atoms with Gasteiger partial charge in [0.25, 0.3) is 0 Å². The summed E-state index contributed by atoms with van der Waals surface area (Å²) < 4.78 is 27.3. The SMILES string of the molecule is CCN(CCNCCO)S(=O)(=O)c1cccc2c(Cl)cccc12. The van der Waals surface area contributed by atoms with Crippen molar-refractivity contribution in [1.82, 2.24) is 9.62 Å². The van der Waals surface area contributed by atoms with Crippen LogP contribution < -0.4 is 5.32 Å². The summed E-state index contributed by atoms with van der Waals surface area (Å²) >= 11 is 6.17. The Morgan fingerprint density at radius 3 is 2.52 bits per heavy atom. The van der Waals surface area contributed by atoms with Gasteiger partial charge in [-0.3, -0.25) is 0 Å². The van der Waals surface area contributed by atoms with E-state index in [-0.39, 0.29) is 11.5 Å². The highest BCUT2D eigenvalue weighted by molar-refractivity contribution is 7.89. The number of sulfonamides is 1. The molecule has 0 heterocycles. The van der Waals surface area contributed by atoms with E-state index in [1.807, 2.05) is 13.0 Å². The zero-order chi connectivity index (χ0) is 16.9. The average Bonchev–Trinajstić information content (AvgIpc) is 2.54. The van der Waals surface area contributed by atoms with Gasteiger partial charge >= 0.3 is 0 Å². The molecule has 0 fully saturated rings. The minimum absolute atomic E-state index is 0.0285. The predicted octanol–water partition coefficient (Wildman–Crippen LogP) is 2.09. The van der Waals surface area contributed by atoms with Crippen molar-refractivity contribution >= 4 is 32.4 Å². The molecular formula is C16H21ClN2O3S. The van der Waals surface area contributed by atoms with Gasteiger partial charge in [-0.2, -0.15) is 4.31 Å². The number of nitrogens with zero attached hydrogens (tertiary/aromatic N) is 1. The van der Waals surface area contributed by atoms with Gasteiger partial charge in [0.2, 0.25) is 10.0 Å². The second-order valence-electron chi connectivity index (χ2n) is 5.06. The summed E-state index contributed by atoms with van der Waals surface area (Å²) in [7, 11) is -3.61. The monoisotopic (exact) mass is 356 g/mol. The maximum atomic E-state index is 13.0. The normalized spacial score (nSPS) is 12.2. The van der Waals surface area contributed by atoms with Gasteiger partial charge in [0.05, 0.1) is 11.5 Å². The minimum Gasteiger partial charge on any atom is -0.395 e. The molecule has 0 amide bonds. The van der Waals surface area contributed by atoms with Crippen LogP contribution >= 0.6 is 11.6 Å². The fourth-order valence-corrected chi connectivity index (χ4v) is 4.36. The molecule has 0 radical (unpaired) electrons. The lowest BCUT2D eigenvalue weighted by atomic mass is 10.1. The van der Waals surface area contributed by atoms with Gasteiger partial charge in [-0.1, -0.05) is 42.8 Å². The molecule has 0 aromatic heterocycles. The van der Waals surface area contributed by atoms with Gasteiger partial charge in [0.1, 0.15) is 0 Å². The van der Waals surface area contributed by atoms with Crippen LogP contribution in [0.4, 0.5) is 0 Å². The Labute approximate surface area is 141 Å². The molecule has 0 aliphatic rings. The van der Waals surface area contributed by atoms with Crippen LogP contribution in [0.2, 0.25) is 5.02 Å². The first-order chi connectivity index (χ1) is 11.0. The van der Waals surface area contributed by atoms with E-state index in [1.54, 1.807) is 30.3 Å². The summed E-state index contributed by atoms with van der Waals surface area (Å²) in [6, 6.07) is 10.4. The molecule has 2 aromatic rings. The Kier molecular flexibility index (Phi) is 6.38. The molecular weight excluding hydrogens is 336 g/mol. The fourth-order valence-electron chi connectivity index (χ4n) is 2.46. The van der Waals surface area contributed by atoms with E-state index < -0.39 is 10.0 Å². The van der Waals surface area contributed by atoms with E-state index in [0.717, 1.165) is 5.39 Å². The first kappa shape index (κ1) is 18.2. The third-order valence-corrected chi connectivity index (χ3v) is 5.99. The summed E-state index contributed by atoms with van der Waals surface area (Å²) in [6.45, 7) is 3.49. The topological polar surface area (TPSA) is 69.6 Å². The van der Waals surface area contributed by atoms with Crippen LogP contribution in [0.25, 0.3) is 10.8 Å². The molecule has 2 rings (SSSR count). The molecule has 0 saturated carbocycles. The zero-order valence-electron chi connectivity index (χ0n) is 13.0. The maximum absolute atomic E-state index is 13.0. The first-order valence-corrected chi connectivity index (χ1v) is 9.33. The average molecular weight is 357 g/mol. The zero-order valence-corrected chi connectivity index (χ0v) is 14.6. The van der Waals surface area contributed by atoms with Crippen molar-refractivity contribution in [2.75, 3.05) is 32.8 Å². The van der Waals surface area contributed by atoms with Gasteiger partial charge in [0.15, 0.2) is 0 Å². The molecule has 126 valence electrons. The molecule has 23 heavy (non-hydrogen) atoms. The molecule has 0 aliphatic carbocycles. The highest BCUT2D eigenvalue weighted by atomic mass is 35.5. The number of hydrogen-bond donors (Lipinski definition) is 2. The standard InChI is InChI=1S/C16H21ClN2O3S/c1-2-19(11-9-18-10-12-20)23(21,22)16-8-4-5-13-14(16)6-3-7-15(13)17/h3-8,18,20H,2,9-12H2,1H3. The van der Waals surface area contributed by atoms with Gasteiger partial charge in [-0.15, -0.1) is 0 Å². The first-order valence-electron chi connectivity index (χ1n) is 7.51. The van der Waals surface area contributed by atoms with Crippen LogP contribution in [0.5, 0.6) is 0 Å². The molecule has 0 bridgehead atoms. The van der Waals surface area contributed by atoms with Crippen molar-refractivity contribution in [3.05, 3.63) is 41.4 Å². The number of benzene rings is 2. The second kappa shape index (κ2) is 8.08. The van der Waals surface area contributed by atoms with Crippen molar-refractivity contribution in [3.8, 4) is 0 Å². The molecule has 5 nitrogen and oxygen atoms in total. The highest BCUT2D eigenvalue weighted by Crippen LogP contribution is 2.30. The lowest BCUT2D eigenvalue weighted by Gasteiger charge is -2.21. The van der Waals surface area contributed by atoms with E-state index in [4.69, 9.17) is 16.7 Å². The van der Waals surface area contributed by atoms with Gasteiger partial charge in [-0.25, -0.2) is 8.42 Å². The number of aliphatic hydroxyl groups excluding tert-OH is 1. The smallest absolute Gasteiger partial charge is 0.243 e. The summed E-state index contributed by atoms with van der Waals surface area (Å²) in [4.78, 5) is 0.265. The highest BCUT2D eigenvalue weighted by Gasteiger charge is 2.24. The molecule has 0 aliphatic heterocycles. The minimum atomic E-state index is -3.61. The fraction of sp³-hybridized carbons (Fsp3) is 0.375. The Balaban J connectivity index is 2.36. The predicted molar refractivity (Wildman–Crippen MR) is 93.3 cm³/mol. The van der Waals surface area contributed by atoms with E-state index in [9.17, 15) is 8.42 Å². The van der Waals surface area contributed by atoms with Crippen molar-refractivity contribution in [2.24, 2.45) is 0 Å². The number of halogens is 1. The van der Waals surface area contributed by atoms with E-state index >= 15 is 0 Å².